The average molecular weight is 577 g/mol. The number of nitrogens with two attached hydrogens (primary N) is 2. The molecule has 0 saturated carbocycles. The van der Waals surface area contributed by atoms with Crippen LogP contribution < -0.4 is 11.5 Å². The molecule has 0 fully saturated rings. The van der Waals surface area contributed by atoms with Crippen LogP contribution >= 0.6 is 15.9 Å². The summed E-state index contributed by atoms with van der Waals surface area (Å²) in [5, 5.41) is 12.2. The number of benzene rings is 2. The summed E-state index contributed by atoms with van der Waals surface area (Å²) in [4.78, 5) is 43.7. The van der Waals surface area contributed by atoms with E-state index in [1.807, 2.05) is 24.3 Å². The van der Waals surface area contributed by atoms with E-state index >= 15 is 0 Å². The van der Waals surface area contributed by atoms with Crippen molar-refractivity contribution in [3.8, 4) is 22.5 Å². The Balaban J connectivity index is 1.61. The number of anilines is 2. The van der Waals surface area contributed by atoms with Crippen LogP contribution in [0.3, 0.4) is 0 Å². The predicted molar refractivity (Wildman–Crippen MR) is 147 cm³/mol. The van der Waals surface area contributed by atoms with E-state index in [0.29, 0.717) is 27.8 Å². The highest BCUT2D eigenvalue weighted by Crippen LogP contribution is 2.23. The molecule has 0 radical (unpaired) electrons. The van der Waals surface area contributed by atoms with Gasteiger partial charge in [-0.25, -0.2) is 30.0 Å². The summed E-state index contributed by atoms with van der Waals surface area (Å²) >= 11 is 3.43. The lowest BCUT2D eigenvalue weighted by Gasteiger charge is -2.28. The number of nitrogen functional groups attached to an aromatic ring is 2. The maximum atomic E-state index is 13.3. The molecule has 11 nitrogen and oxygen atoms in total. The highest BCUT2D eigenvalue weighted by molar-refractivity contribution is 9.08. The van der Waals surface area contributed by atoms with Crippen molar-refractivity contribution in [2.24, 2.45) is 0 Å². The molecular weight excluding hydrogens is 552 g/mol. The fraction of sp³-hybridized carbons (Fsp3) is 0.154. The second-order valence-corrected chi connectivity index (χ2v) is 8.89. The summed E-state index contributed by atoms with van der Waals surface area (Å²) in [5.41, 5.74) is 15.7. The van der Waals surface area contributed by atoms with Crippen LogP contribution in [0.1, 0.15) is 32.1 Å². The number of aliphatic hydroxyl groups is 1. The van der Waals surface area contributed by atoms with E-state index in [1.54, 1.807) is 24.3 Å². The molecule has 0 bridgehead atoms. The number of nitrogens with zero attached hydrogens (tertiary/aromatic N) is 6. The van der Waals surface area contributed by atoms with Gasteiger partial charge in [0.2, 0.25) is 0 Å². The molecule has 4 aromatic rings. The van der Waals surface area contributed by atoms with Gasteiger partial charge >= 0.3 is 0 Å². The Kier molecular flexibility index (Phi) is 7.93. The van der Waals surface area contributed by atoms with Crippen LogP contribution in [0.25, 0.3) is 22.5 Å². The van der Waals surface area contributed by atoms with Crippen molar-refractivity contribution in [2.45, 2.75) is 11.9 Å². The van der Waals surface area contributed by atoms with Gasteiger partial charge in [0.1, 0.15) is 0 Å². The third kappa shape index (κ3) is 5.45. The van der Waals surface area contributed by atoms with Crippen LogP contribution in [-0.4, -0.2) is 61.0 Å². The van der Waals surface area contributed by atoms with Gasteiger partial charge < -0.3 is 16.6 Å². The van der Waals surface area contributed by atoms with E-state index < -0.39 is 11.8 Å². The molecule has 2 aromatic carbocycles. The fourth-order valence-corrected chi connectivity index (χ4v) is 3.96. The van der Waals surface area contributed by atoms with Gasteiger partial charge in [-0.15, -0.1) is 0 Å². The van der Waals surface area contributed by atoms with Gasteiger partial charge in [-0.3, -0.25) is 9.59 Å². The van der Waals surface area contributed by atoms with Gasteiger partial charge in [-0.2, -0.15) is 0 Å². The molecule has 12 heteroatoms. The lowest BCUT2D eigenvalue weighted by Crippen LogP contribution is -2.46. The molecule has 0 atom stereocenters. The summed E-state index contributed by atoms with van der Waals surface area (Å²) < 4.78 is 0. The van der Waals surface area contributed by atoms with E-state index in [-0.39, 0.29) is 29.6 Å². The van der Waals surface area contributed by atoms with Crippen molar-refractivity contribution in [1.82, 2.24) is 30.0 Å². The predicted octanol–water partition coefficient (Wildman–Crippen LogP) is 2.91. The molecular formula is C26H25BrN8O3. The van der Waals surface area contributed by atoms with Crippen molar-refractivity contribution in [3.63, 3.8) is 0 Å². The van der Waals surface area contributed by atoms with E-state index in [9.17, 15) is 14.7 Å². The van der Waals surface area contributed by atoms with Crippen LogP contribution in [0.15, 0.2) is 60.9 Å². The molecule has 38 heavy (non-hydrogen) atoms. The first-order valence-electron chi connectivity index (χ1n) is 11.4. The van der Waals surface area contributed by atoms with Crippen molar-refractivity contribution in [3.05, 3.63) is 83.4 Å². The van der Waals surface area contributed by atoms with Gasteiger partial charge in [-0.1, -0.05) is 52.3 Å². The first kappa shape index (κ1) is 26.6. The number of carbonyl (C=O) groups is 2. The van der Waals surface area contributed by atoms with Crippen molar-refractivity contribution in [2.75, 3.05) is 25.6 Å². The Hall–Kier alpha value is -4.42. The zero-order chi connectivity index (χ0) is 27.4. The minimum atomic E-state index is -0.668. The molecule has 2 heterocycles. The molecule has 0 unspecified atom stereocenters. The Morgan fingerprint density at radius 1 is 0.816 bits per heavy atom. The van der Waals surface area contributed by atoms with Crippen molar-refractivity contribution >= 4 is 39.4 Å². The highest BCUT2D eigenvalue weighted by atomic mass is 79.9. The first-order valence-corrected chi connectivity index (χ1v) is 12.5. The number of hydrogen-bond acceptors (Lipinski definition) is 9. The third-order valence-electron chi connectivity index (χ3n) is 5.83. The van der Waals surface area contributed by atoms with Gasteiger partial charge in [0, 0.05) is 30.6 Å². The van der Waals surface area contributed by atoms with E-state index in [0.717, 1.165) is 21.1 Å². The van der Waals surface area contributed by atoms with E-state index in [4.69, 9.17) is 11.5 Å². The highest BCUT2D eigenvalue weighted by Gasteiger charge is 2.27. The van der Waals surface area contributed by atoms with Crippen LogP contribution in [0, 0.1) is 0 Å². The van der Waals surface area contributed by atoms with Gasteiger partial charge in [-0.05, 0) is 23.3 Å². The molecule has 0 aliphatic rings. The van der Waals surface area contributed by atoms with Crippen LogP contribution in [-0.2, 0) is 11.9 Å². The normalized spacial score (nSPS) is 10.7. The maximum Gasteiger partial charge on any atom is 0.294 e. The number of carbonyl (C=O) groups excluding carboxylic acids is 2. The summed E-state index contributed by atoms with van der Waals surface area (Å²) in [7, 11) is 2.80. The second kappa shape index (κ2) is 11.3. The van der Waals surface area contributed by atoms with E-state index in [1.165, 1.54) is 26.5 Å². The molecule has 0 aliphatic carbocycles. The number of alkyl halides is 1. The van der Waals surface area contributed by atoms with E-state index in [2.05, 4.69) is 35.9 Å². The molecule has 4 rings (SSSR count). The summed E-state index contributed by atoms with van der Waals surface area (Å²) in [5.74, 6) is -1.49. The van der Waals surface area contributed by atoms with Gasteiger partial charge in [0.25, 0.3) is 11.8 Å². The number of hydrazine groups is 1. The molecule has 2 amide bonds. The zero-order valence-corrected chi connectivity index (χ0v) is 22.3. The number of aliphatic hydroxyl groups excluding tert-OH is 1. The molecule has 5 N–H and O–H groups in total. The Labute approximate surface area is 227 Å². The second-order valence-electron chi connectivity index (χ2n) is 8.33. The monoisotopic (exact) mass is 576 g/mol. The number of hydrogen-bond donors (Lipinski definition) is 3. The van der Waals surface area contributed by atoms with Gasteiger partial charge in [0.15, 0.2) is 23.0 Å². The summed E-state index contributed by atoms with van der Waals surface area (Å²) in [6, 6.07) is 14.6. The van der Waals surface area contributed by atoms with Crippen molar-refractivity contribution < 1.29 is 14.7 Å². The smallest absolute Gasteiger partial charge is 0.294 e. The Morgan fingerprint density at radius 2 is 1.26 bits per heavy atom. The first-order chi connectivity index (χ1) is 18.2. The summed E-state index contributed by atoms with van der Waals surface area (Å²) in [6.45, 7) is -0.146. The largest absolute Gasteiger partial charge is 0.392 e. The average Bonchev–Trinajstić information content (AvgIpc) is 2.96. The number of rotatable bonds is 6. The third-order valence-corrected chi connectivity index (χ3v) is 6.47. The topological polar surface area (TPSA) is 164 Å². The molecule has 2 aromatic heterocycles. The minimum absolute atomic E-state index is 0.0758. The van der Waals surface area contributed by atoms with Crippen molar-refractivity contribution in [1.29, 1.82) is 0 Å². The molecule has 0 aliphatic heterocycles. The van der Waals surface area contributed by atoms with Crippen LogP contribution in [0.4, 0.5) is 11.6 Å². The standard InChI is InChI=1S/C26H25BrN8O3/c1-34(25(37)21-23(28)30-12-19(32-21)17-7-3-5-15(9-17)11-27)35(2)26(38)22-24(29)31-13-20(33-22)18-8-4-6-16(10-18)14-36/h3-10,12-13,36H,11,14H2,1-2H3,(H2,28,30)(H2,29,31). The SMILES string of the molecule is CN(C(=O)c1nc(-c2cccc(CO)c2)cnc1N)N(C)C(=O)c1nc(-c2cccc(CBr)c2)cnc1N. The van der Waals surface area contributed by atoms with Crippen LogP contribution in [0.5, 0.6) is 0 Å². The summed E-state index contributed by atoms with van der Waals surface area (Å²) in [6.07, 6.45) is 2.92. The molecule has 0 saturated heterocycles. The Morgan fingerprint density at radius 3 is 1.71 bits per heavy atom. The number of amides is 2. The zero-order valence-electron chi connectivity index (χ0n) is 20.7. The quantitative estimate of drug-likeness (QED) is 0.231. The van der Waals surface area contributed by atoms with Crippen LogP contribution in [0.2, 0.25) is 0 Å². The Bertz CT molecular complexity index is 1400. The lowest BCUT2D eigenvalue weighted by molar-refractivity contribution is 0.0180. The molecule has 0 spiro atoms. The molecule has 194 valence electrons. The fourth-order valence-electron chi connectivity index (χ4n) is 3.61. The maximum absolute atomic E-state index is 13.3. The lowest BCUT2D eigenvalue weighted by atomic mass is 10.1. The number of aromatic nitrogens is 4. The van der Waals surface area contributed by atoms with Gasteiger partial charge in [0.05, 0.1) is 30.4 Å². The minimum Gasteiger partial charge on any atom is -0.392 e. The number of halogens is 1.